The molecular weight excluding hydrogens is 384 g/mol. The largest absolute Gasteiger partial charge is 0.480 e. The van der Waals surface area contributed by atoms with Crippen LogP contribution < -0.4 is 5.32 Å². The Morgan fingerprint density at radius 3 is 2.29 bits per heavy atom. The molecule has 1 unspecified atom stereocenters. The van der Waals surface area contributed by atoms with E-state index in [1.165, 1.54) is 17.4 Å². The number of carboxylic acid groups (broad SMARTS) is 1. The van der Waals surface area contributed by atoms with E-state index in [9.17, 15) is 23.3 Å². The molecule has 0 bridgehead atoms. The van der Waals surface area contributed by atoms with Gasteiger partial charge in [0.2, 0.25) is 10.0 Å². The first-order chi connectivity index (χ1) is 13.1. The Labute approximate surface area is 163 Å². The number of nitrogens with zero attached hydrogens (tertiary/aromatic N) is 3. The van der Waals surface area contributed by atoms with E-state index in [0.29, 0.717) is 13.1 Å². The van der Waals surface area contributed by atoms with Gasteiger partial charge in [-0.2, -0.15) is 9.57 Å². The molecule has 1 aliphatic rings. The van der Waals surface area contributed by atoms with E-state index < -0.39 is 27.9 Å². The monoisotopic (exact) mass is 406 g/mol. The molecule has 2 rings (SSSR count). The van der Waals surface area contributed by atoms with E-state index in [2.05, 4.69) is 5.32 Å². The number of aliphatic carboxylic acids is 1. The van der Waals surface area contributed by atoms with Crippen molar-refractivity contribution >= 4 is 21.9 Å². The van der Waals surface area contributed by atoms with Gasteiger partial charge in [0.25, 0.3) is 5.91 Å². The molecule has 1 amide bonds. The Hall–Kier alpha value is -2.90. The molecule has 1 saturated heterocycles. The summed E-state index contributed by atoms with van der Waals surface area (Å²) in [5, 5.41) is 20.2. The van der Waals surface area contributed by atoms with Gasteiger partial charge in [0.05, 0.1) is 4.90 Å². The minimum Gasteiger partial charge on any atom is -0.480 e. The molecule has 2 N–H and O–H groups in total. The number of carbonyl (C=O) groups is 2. The molecule has 150 valence electrons. The van der Waals surface area contributed by atoms with Crippen LogP contribution in [0.15, 0.2) is 40.9 Å². The third kappa shape index (κ3) is 5.09. The van der Waals surface area contributed by atoms with E-state index in [1.54, 1.807) is 35.2 Å². The summed E-state index contributed by atoms with van der Waals surface area (Å²) in [4.78, 5) is 24.7. The molecule has 1 heterocycles. The average Bonchev–Trinajstić information content (AvgIpc) is 2.66. The summed E-state index contributed by atoms with van der Waals surface area (Å²) in [5.41, 5.74) is 0.733. The van der Waals surface area contributed by atoms with Crippen molar-refractivity contribution in [2.75, 3.05) is 26.2 Å². The van der Waals surface area contributed by atoms with Crippen LogP contribution in [0, 0.1) is 18.3 Å². The molecule has 0 aromatic heterocycles. The summed E-state index contributed by atoms with van der Waals surface area (Å²) >= 11 is 0. The number of nitriles is 1. The highest BCUT2D eigenvalue weighted by molar-refractivity contribution is 7.89. The number of nitrogens with one attached hydrogen (secondary N) is 1. The fraction of sp³-hybridized carbons (Fsp3) is 0.389. The fourth-order valence-corrected chi connectivity index (χ4v) is 4.01. The number of amides is 1. The lowest BCUT2D eigenvalue weighted by molar-refractivity contribution is -0.140. The van der Waals surface area contributed by atoms with Crippen molar-refractivity contribution in [2.45, 2.75) is 24.8 Å². The maximum absolute atomic E-state index is 12.7. The number of hydrogen-bond acceptors (Lipinski definition) is 6. The minimum atomic E-state index is -3.60. The third-order valence-corrected chi connectivity index (χ3v) is 6.24. The van der Waals surface area contributed by atoms with Crippen LogP contribution in [-0.2, 0) is 19.6 Å². The second-order valence-corrected chi connectivity index (χ2v) is 8.38. The topological polar surface area (TPSA) is 131 Å². The highest BCUT2D eigenvalue weighted by Gasteiger charge is 2.28. The van der Waals surface area contributed by atoms with Crippen LogP contribution in [0.4, 0.5) is 0 Å². The summed E-state index contributed by atoms with van der Waals surface area (Å²) in [6.07, 6.45) is 1.33. The highest BCUT2D eigenvalue weighted by Crippen LogP contribution is 2.18. The normalized spacial score (nSPS) is 16.9. The predicted octanol–water partition coefficient (Wildman–Crippen LogP) is 0.298. The number of aryl methyl sites for hydroxylation is 1. The lowest BCUT2D eigenvalue weighted by Crippen LogP contribution is -2.47. The Morgan fingerprint density at radius 1 is 1.21 bits per heavy atom. The molecule has 0 aliphatic carbocycles. The predicted molar refractivity (Wildman–Crippen MR) is 100 cm³/mol. The van der Waals surface area contributed by atoms with Gasteiger partial charge in [-0.3, -0.25) is 9.59 Å². The Balaban J connectivity index is 2.03. The number of piperazine rings is 1. The first-order valence-electron chi connectivity index (χ1n) is 8.61. The zero-order valence-electron chi connectivity index (χ0n) is 15.6. The number of rotatable bonds is 6. The second-order valence-electron chi connectivity index (χ2n) is 6.44. The molecule has 1 aromatic carbocycles. The van der Waals surface area contributed by atoms with Crippen LogP contribution in [0.2, 0.25) is 0 Å². The number of sulfonamides is 1. The molecule has 10 heteroatoms. The van der Waals surface area contributed by atoms with Gasteiger partial charge in [0.15, 0.2) is 0 Å². The lowest BCUT2D eigenvalue weighted by Gasteiger charge is -2.33. The number of carboxylic acids is 1. The van der Waals surface area contributed by atoms with Crippen LogP contribution in [0.5, 0.6) is 0 Å². The van der Waals surface area contributed by atoms with Gasteiger partial charge in [-0.1, -0.05) is 17.7 Å². The Bertz CT molecular complexity index is 910. The third-order valence-electron chi connectivity index (χ3n) is 4.33. The maximum atomic E-state index is 12.7. The first kappa shape index (κ1) is 21.4. The standard InChI is InChI=1S/C18H22N4O5S/c1-13-3-5-16(6-4-13)28(26,27)22-9-7-21(8-10-22)12-15(11-19)17(23)20-14(2)18(24)25/h3-6,12,14H,7-10H2,1-2H3,(H,20,23)(H,24,25)/b15-12-. The Morgan fingerprint density at radius 2 is 1.79 bits per heavy atom. The van der Waals surface area contributed by atoms with Crippen molar-refractivity contribution < 1.29 is 23.1 Å². The van der Waals surface area contributed by atoms with E-state index >= 15 is 0 Å². The van der Waals surface area contributed by atoms with Crippen molar-refractivity contribution in [1.82, 2.24) is 14.5 Å². The zero-order chi connectivity index (χ0) is 20.9. The van der Waals surface area contributed by atoms with Gasteiger partial charge in [0.1, 0.15) is 17.7 Å². The molecular formula is C18H22N4O5S. The van der Waals surface area contributed by atoms with Gasteiger partial charge in [-0.15, -0.1) is 0 Å². The van der Waals surface area contributed by atoms with Crippen molar-refractivity contribution in [2.24, 2.45) is 0 Å². The fourth-order valence-electron chi connectivity index (χ4n) is 2.59. The number of carbonyl (C=O) groups excluding carboxylic acids is 1. The van der Waals surface area contributed by atoms with E-state index in [-0.39, 0.29) is 23.6 Å². The molecule has 0 radical (unpaired) electrons. The molecule has 28 heavy (non-hydrogen) atoms. The SMILES string of the molecule is Cc1ccc(S(=O)(=O)N2CCN(/C=C(/C#N)C(=O)NC(C)C(=O)O)CC2)cc1. The van der Waals surface area contributed by atoms with Crippen LogP contribution in [0.1, 0.15) is 12.5 Å². The zero-order valence-corrected chi connectivity index (χ0v) is 16.4. The smallest absolute Gasteiger partial charge is 0.325 e. The van der Waals surface area contributed by atoms with Gasteiger partial charge < -0.3 is 15.3 Å². The van der Waals surface area contributed by atoms with Gasteiger partial charge in [-0.25, -0.2) is 8.42 Å². The summed E-state index contributed by atoms with van der Waals surface area (Å²) < 4.78 is 26.8. The average molecular weight is 406 g/mol. The van der Waals surface area contributed by atoms with Crippen molar-refractivity contribution in [3.63, 3.8) is 0 Å². The number of benzene rings is 1. The molecule has 1 fully saturated rings. The molecule has 1 aliphatic heterocycles. The lowest BCUT2D eigenvalue weighted by atomic mass is 10.2. The second kappa shape index (κ2) is 8.86. The summed E-state index contributed by atoms with van der Waals surface area (Å²) in [6.45, 7) is 4.19. The molecule has 1 atom stereocenters. The minimum absolute atomic E-state index is 0.207. The van der Waals surface area contributed by atoms with Gasteiger partial charge in [-0.05, 0) is 26.0 Å². The van der Waals surface area contributed by atoms with Gasteiger partial charge in [0, 0.05) is 32.4 Å². The van der Waals surface area contributed by atoms with E-state index in [0.717, 1.165) is 5.56 Å². The van der Waals surface area contributed by atoms with Crippen LogP contribution in [0.25, 0.3) is 0 Å². The quantitative estimate of drug-likeness (QED) is 0.513. The van der Waals surface area contributed by atoms with Crippen molar-refractivity contribution in [1.29, 1.82) is 5.26 Å². The molecule has 1 aromatic rings. The summed E-state index contributed by atoms with van der Waals surface area (Å²) in [5.74, 6) is -1.99. The van der Waals surface area contributed by atoms with Crippen LogP contribution in [0.3, 0.4) is 0 Å². The Kier molecular flexibility index (Phi) is 6.77. The van der Waals surface area contributed by atoms with Crippen molar-refractivity contribution in [3.05, 3.63) is 41.6 Å². The number of hydrogen-bond donors (Lipinski definition) is 2. The molecule has 0 saturated carbocycles. The first-order valence-corrected chi connectivity index (χ1v) is 10.1. The molecule has 0 spiro atoms. The van der Waals surface area contributed by atoms with E-state index in [4.69, 9.17) is 5.11 Å². The van der Waals surface area contributed by atoms with Gasteiger partial charge >= 0.3 is 5.97 Å². The summed E-state index contributed by atoms with van der Waals surface area (Å²) in [7, 11) is -3.60. The highest BCUT2D eigenvalue weighted by atomic mass is 32.2. The maximum Gasteiger partial charge on any atom is 0.325 e. The van der Waals surface area contributed by atoms with Crippen LogP contribution >= 0.6 is 0 Å². The van der Waals surface area contributed by atoms with Crippen molar-refractivity contribution in [3.8, 4) is 6.07 Å². The summed E-state index contributed by atoms with van der Waals surface area (Å²) in [6, 6.07) is 7.24. The molecule has 9 nitrogen and oxygen atoms in total. The van der Waals surface area contributed by atoms with Crippen LogP contribution in [-0.4, -0.2) is 66.8 Å². The van der Waals surface area contributed by atoms with E-state index in [1.807, 2.05) is 6.92 Å².